The minimum atomic E-state index is -0.136. The minimum absolute atomic E-state index is 0.0990. The van der Waals surface area contributed by atoms with E-state index in [2.05, 4.69) is 10.6 Å². The molecule has 2 aliphatic heterocycles. The number of piperidine rings is 1. The summed E-state index contributed by atoms with van der Waals surface area (Å²) in [6.07, 6.45) is 1.21. The Bertz CT molecular complexity index is 258. The van der Waals surface area contributed by atoms with Gasteiger partial charge >= 0.3 is 6.03 Å². The molecule has 0 aromatic carbocycles. The first-order valence-electron chi connectivity index (χ1n) is 6.23. The zero-order valence-electron chi connectivity index (χ0n) is 10.5. The van der Waals surface area contributed by atoms with Crippen LogP contribution in [0.15, 0.2) is 0 Å². The fraction of sp³-hybridized carbons (Fsp3) is 0.917. The summed E-state index contributed by atoms with van der Waals surface area (Å²) >= 11 is 0. The van der Waals surface area contributed by atoms with E-state index in [0.717, 1.165) is 26.2 Å². The lowest BCUT2D eigenvalue weighted by Gasteiger charge is -2.25. The highest BCUT2D eigenvalue weighted by Crippen LogP contribution is 2.28. The molecular weight excluding hydrogens is 202 g/mol. The molecule has 0 bridgehead atoms. The van der Waals surface area contributed by atoms with Crippen LogP contribution in [0, 0.1) is 11.8 Å². The predicted molar refractivity (Wildman–Crippen MR) is 64.3 cm³/mol. The van der Waals surface area contributed by atoms with Crippen molar-refractivity contribution in [2.75, 3.05) is 26.2 Å². The van der Waals surface area contributed by atoms with Crippen molar-refractivity contribution in [1.29, 1.82) is 0 Å². The lowest BCUT2D eigenvalue weighted by atomic mass is 9.90. The van der Waals surface area contributed by atoms with Gasteiger partial charge in [-0.1, -0.05) is 0 Å². The third kappa shape index (κ3) is 2.67. The fourth-order valence-corrected chi connectivity index (χ4v) is 2.64. The number of carbonyl (C=O) groups excluding carboxylic acids is 1. The molecule has 0 aromatic rings. The van der Waals surface area contributed by atoms with Gasteiger partial charge in [0.2, 0.25) is 0 Å². The van der Waals surface area contributed by atoms with E-state index in [9.17, 15) is 4.79 Å². The number of carbonyl (C=O) groups is 1. The van der Waals surface area contributed by atoms with Crippen LogP contribution in [-0.2, 0) is 0 Å². The van der Waals surface area contributed by atoms with E-state index < -0.39 is 0 Å². The molecule has 2 heterocycles. The van der Waals surface area contributed by atoms with Crippen LogP contribution in [0.4, 0.5) is 4.79 Å². The highest BCUT2D eigenvalue weighted by atomic mass is 16.2. The second kappa shape index (κ2) is 4.24. The summed E-state index contributed by atoms with van der Waals surface area (Å²) in [7, 11) is 0. The molecule has 4 nitrogen and oxygen atoms in total. The predicted octanol–water partition coefficient (Wildman–Crippen LogP) is 1.04. The van der Waals surface area contributed by atoms with Gasteiger partial charge < -0.3 is 15.5 Å². The van der Waals surface area contributed by atoms with Crippen LogP contribution in [0.5, 0.6) is 0 Å². The van der Waals surface area contributed by atoms with E-state index in [1.54, 1.807) is 0 Å². The van der Waals surface area contributed by atoms with Crippen LogP contribution in [0.2, 0.25) is 0 Å². The summed E-state index contributed by atoms with van der Waals surface area (Å²) in [4.78, 5) is 14.0. The van der Waals surface area contributed by atoms with Crippen molar-refractivity contribution in [3.63, 3.8) is 0 Å². The first-order valence-corrected chi connectivity index (χ1v) is 6.23. The second-order valence-electron chi connectivity index (χ2n) is 6.10. The van der Waals surface area contributed by atoms with Crippen LogP contribution < -0.4 is 10.6 Å². The smallest absolute Gasteiger partial charge is 0.317 e. The van der Waals surface area contributed by atoms with E-state index in [4.69, 9.17) is 0 Å². The molecule has 2 N–H and O–H groups in total. The number of urea groups is 1. The van der Waals surface area contributed by atoms with Crippen molar-refractivity contribution in [3.8, 4) is 0 Å². The second-order valence-corrected chi connectivity index (χ2v) is 6.10. The molecular formula is C12H23N3O. The molecule has 2 atom stereocenters. The Hall–Kier alpha value is -0.770. The Morgan fingerprint density at radius 2 is 2.00 bits per heavy atom. The lowest BCUT2D eigenvalue weighted by molar-refractivity contribution is 0.197. The van der Waals surface area contributed by atoms with Crippen molar-refractivity contribution >= 4 is 6.03 Å². The summed E-state index contributed by atoms with van der Waals surface area (Å²) < 4.78 is 0. The van der Waals surface area contributed by atoms with Gasteiger partial charge in [-0.25, -0.2) is 4.79 Å². The van der Waals surface area contributed by atoms with Crippen LogP contribution in [-0.4, -0.2) is 42.6 Å². The highest BCUT2D eigenvalue weighted by molar-refractivity contribution is 5.75. The van der Waals surface area contributed by atoms with E-state index in [-0.39, 0.29) is 11.6 Å². The van der Waals surface area contributed by atoms with Gasteiger partial charge in [0.05, 0.1) is 0 Å². The Kier molecular flexibility index (Phi) is 3.10. The van der Waals surface area contributed by atoms with Gasteiger partial charge in [-0.3, -0.25) is 0 Å². The summed E-state index contributed by atoms with van der Waals surface area (Å²) in [6, 6.07) is 0.0990. The Morgan fingerprint density at radius 3 is 2.62 bits per heavy atom. The standard InChI is InChI=1S/C12H23N3O/c1-12(2,3)14-11(16)15-7-9-4-5-13-6-10(9)8-15/h9-10,13H,4-8H2,1-3H3,(H,14,16). The minimum Gasteiger partial charge on any atom is -0.333 e. The van der Waals surface area contributed by atoms with Crippen molar-refractivity contribution in [2.24, 2.45) is 11.8 Å². The summed E-state index contributed by atoms with van der Waals surface area (Å²) in [6.45, 7) is 10.1. The number of hydrogen-bond donors (Lipinski definition) is 2. The average molecular weight is 225 g/mol. The molecule has 0 spiro atoms. The molecule has 2 amide bonds. The van der Waals surface area contributed by atoms with Gasteiger partial charge in [0.25, 0.3) is 0 Å². The molecule has 2 fully saturated rings. The van der Waals surface area contributed by atoms with E-state index in [1.165, 1.54) is 6.42 Å². The molecule has 0 aliphatic carbocycles. The van der Waals surface area contributed by atoms with Crippen molar-refractivity contribution in [1.82, 2.24) is 15.5 Å². The molecule has 2 unspecified atom stereocenters. The number of nitrogens with zero attached hydrogens (tertiary/aromatic N) is 1. The van der Waals surface area contributed by atoms with Gasteiger partial charge in [0.15, 0.2) is 0 Å². The fourth-order valence-electron chi connectivity index (χ4n) is 2.64. The number of nitrogens with one attached hydrogen (secondary N) is 2. The zero-order chi connectivity index (χ0) is 11.8. The summed E-state index contributed by atoms with van der Waals surface area (Å²) in [5.74, 6) is 1.38. The largest absolute Gasteiger partial charge is 0.333 e. The molecule has 2 rings (SSSR count). The van der Waals surface area contributed by atoms with Crippen LogP contribution in [0.25, 0.3) is 0 Å². The molecule has 0 aromatic heterocycles. The van der Waals surface area contributed by atoms with Gasteiger partial charge in [-0.05, 0) is 52.1 Å². The first kappa shape index (κ1) is 11.7. The number of hydrogen-bond acceptors (Lipinski definition) is 2. The third-order valence-electron chi connectivity index (χ3n) is 3.44. The number of fused-ring (bicyclic) bond motifs is 1. The number of likely N-dealkylation sites (tertiary alicyclic amines) is 1. The van der Waals surface area contributed by atoms with Gasteiger partial charge in [0, 0.05) is 18.6 Å². The van der Waals surface area contributed by atoms with Crippen molar-refractivity contribution in [2.45, 2.75) is 32.7 Å². The molecule has 2 aliphatic rings. The molecule has 2 saturated heterocycles. The molecule has 16 heavy (non-hydrogen) atoms. The van der Waals surface area contributed by atoms with Crippen molar-refractivity contribution < 1.29 is 4.79 Å². The molecule has 0 saturated carbocycles. The number of rotatable bonds is 0. The monoisotopic (exact) mass is 225 g/mol. The van der Waals surface area contributed by atoms with Gasteiger partial charge in [-0.2, -0.15) is 0 Å². The lowest BCUT2D eigenvalue weighted by Crippen LogP contribution is -2.47. The Labute approximate surface area is 97.8 Å². The maximum Gasteiger partial charge on any atom is 0.317 e. The summed E-state index contributed by atoms with van der Waals surface area (Å²) in [5.41, 5.74) is -0.136. The SMILES string of the molecule is CC(C)(C)NC(=O)N1CC2CCNCC2C1. The van der Waals surface area contributed by atoms with Crippen LogP contribution >= 0.6 is 0 Å². The average Bonchev–Trinajstić information content (AvgIpc) is 2.58. The Balaban J connectivity index is 1.90. The van der Waals surface area contributed by atoms with Crippen LogP contribution in [0.1, 0.15) is 27.2 Å². The van der Waals surface area contributed by atoms with Crippen LogP contribution in [0.3, 0.4) is 0 Å². The number of amides is 2. The topological polar surface area (TPSA) is 44.4 Å². The maximum absolute atomic E-state index is 12.0. The van der Waals surface area contributed by atoms with Crippen molar-refractivity contribution in [3.05, 3.63) is 0 Å². The molecule has 92 valence electrons. The van der Waals surface area contributed by atoms with E-state index in [0.29, 0.717) is 11.8 Å². The Morgan fingerprint density at radius 1 is 1.31 bits per heavy atom. The van der Waals surface area contributed by atoms with E-state index in [1.807, 2.05) is 25.7 Å². The normalized spacial score (nSPS) is 30.1. The molecule has 0 radical (unpaired) electrons. The quantitative estimate of drug-likeness (QED) is 0.647. The highest BCUT2D eigenvalue weighted by Gasteiger charge is 2.37. The first-order chi connectivity index (χ1) is 7.46. The maximum atomic E-state index is 12.0. The van der Waals surface area contributed by atoms with E-state index >= 15 is 0 Å². The third-order valence-corrected chi connectivity index (χ3v) is 3.44. The summed E-state index contributed by atoms with van der Waals surface area (Å²) in [5, 5.41) is 6.44. The van der Waals surface area contributed by atoms with Gasteiger partial charge in [-0.15, -0.1) is 0 Å². The zero-order valence-corrected chi connectivity index (χ0v) is 10.5. The van der Waals surface area contributed by atoms with Gasteiger partial charge in [0.1, 0.15) is 0 Å². The molecule has 4 heteroatoms.